The highest BCUT2D eigenvalue weighted by atomic mass is 16.5. The molecule has 0 unspecified atom stereocenters. The van der Waals surface area contributed by atoms with E-state index < -0.39 is 0 Å². The van der Waals surface area contributed by atoms with Crippen LogP contribution in [0.4, 0.5) is 0 Å². The fraction of sp³-hybridized carbons (Fsp3) is 1.00. The standard InChI is InChI=1S/C6H15NO/c1-4-7-5-8-6(2)3/h6-7H,4-5H2,1-3H3. The van der Waals surface area contributed by atoms with Gasteiger partial charge in [-0.25, -0.2) is 0 Å². The van der Waals surface area contributed by atoms with Gasteiger partial charge in [0.15, 0.2) is 0 Å². The largest absolute Gasteiger partial charge is 0.364 e. The Balaban J connectivity index is 2.72. The molecule has 2 nitrogen and oxygen atoms in total. The quantitative estimate of drug-likeness (QED) is 0.438. The van der Waals surface area contributed by atoms with Gasteiger partial charge in [0.05, 0.1) is 12.8 Å². The molecule has 1 N–H and O–H groups in total. The second-order valence-corrected chi connectivity index (χ2v) is 1.96. The molecule has 0 fully saturated rings. The van der Waals surface area contributed by atoms with E-state index in [1.54, 1.807) is 0 Å². The molecule has 0 amide bonds. The van der Waals surface area contributed by atoms with Gasteiger partial charge >= 0.3 is 0 Å². The van der Waals surface area contributed by atoms with E-state index in [2.05, 4.69) is 12.2 Å². The molecule has 0 aromatic carbocycles. The van der Waals surface area contributed by atoms with E-state index in [0.29, 0.717) is 12.8 Å². The molecule has 0 heterocycles. The van der Waals surface area contributed by atoms with Gasteiger partial charge in [-0.3, -0.25) is 5.32 Å². The van der Waals surface area contributed by atoms with Crippen LogP contribution in [0, 0.1) is 0 Å². The van der Waals surface area contributed by atoms with Gasteiger partial charge in [0.1, 0.15) is 0 Å². The summed E-state index contributed by atoms with van der Waals surface area (Å²) in [4.78, 5) is 0. The first kappa shape index (κ1) is 7.92. The molecule has 0 aliphatic rings. The molecule has 0 aliphatic heterocycles. The smallest absolute Gasteiger partial charge is 0.0968 e. The van der Waals surface area contributed by atoms with Gasteiger partial charge in [0.2, 0.25) is 0 Å². The zero-order valence-electron chi connectivity index (χ0n) is 5.90. The molecular formula is C6H15NO. The molecule has 0 spiro atoms. The minimum atomic E-state index is 0.342. The summed E-state index contributed by atoms with van der Waals surface area (Å²) in [6, 6.07) is 0. The lowest BCUT2D eigenvalue weighted by Gasteiger charge is -2.05. The maximum Gasteiger partial charge on any atom is 0.0968 e. The van der Waals surface area contributed by atoms with Crippen molar-refractivity contribution in [3.63, 3.8) is 0 Å². The average Bonchev–Trinajstić information content (AvgIpc) is 1.66. The Kier molecular flexibility index (Phi) is 5.01. The van der Waals surface area contributed by atoms with E-state index in [9.17, 15) is 0 Å². The van der Waals surface area contributed by atoms with Crippen molar-refractivity contribution in [1.29, 1.82) is 0 Å². The lowest BCUT2D eigenvalue weighted by molar-refractivity contribution is 0.0656. The summed E-state index contributed by atoms with van der Waals surface area (Å²) in [7, 11) is 0. The first-order valence-electron chi connectivity index (χ1n) is 3.09. The fourth-order valence-electron chi connectivity index (χ4n) is 0.328. The van der Waals surface area contributed by atoms with Gasteiger partial charge < -0.3 is 4.74 Å². The second kappa shape index (κ2) is 5.06. The van der Waals surface area contributed by atoms with Crippen LogP contribution in [0.2, 0.25) is 0 Å². The van der Waals surface area contributed by atoms with Crippen LogP contribution < -0.4 is 5.32 Å². The van der Waals surface area contributed by atoms with Crippen LogP contribution in [-0.4, -0.2) is 19.4 Å². The summed E-state index contributed by atoms with van der Waals surface area (Å²) in [5.74, 6) is 0. The average molecular weight is 117 g/mol. The Hall–Kier alpha value is -0.0800. The Bertz CT molecular complexity index is 45.8. The van der Waals surface area contributed by atoms with Gasteiger partial charge in [-0.05, 0) is 20.4 Å². The van der Waals surface area contributed by atoms with Crippen molar-refractivity contribution < 1.29 is 4.74 Å². The highest BCUT2D eigenvalue weighted by Gasteiger charge is 1.87. The van der Waals surface area contributed by atoms with E-state index in [1.165, 1.54) is 0 Å². The van der Waals surface area contributed by atoms with Crippen LogP contribution in [0.5, 0.6) is 0 Å². The van der Waals surface area contributed by atoms with Gasteiger partial charge in [-0.1, -0.05) is 6.92 Å². The van der Waals surface area contributed by atoms with Crippen molar-refractivity contribution in [2.24, 2.45) is 0 Å². The lowest BCUT2D eigenvalue weighted by atomic mass is 10.5. The molecule has 0 aliphatic carbocycles. The van der Waals surface area contributed by atoms with Crippen molar-refractivity contribution >= 4 is 0 Å². The number of hydrogen-bond acceptors (Lipinski definition) is 2. The Labute approximate surface area is 51.2 Å². The minimum Gasteiger partial charge on any atom is -0.364 e. The number of hydrogen-bond donors (Lipinski definition) is 1. The van der Waals surface area contributed by atoms with Crippen molar-refractivity contribution in [2.75, 3.05) is 13.3 Å². The van der Waals surface area contributed by atoms with Crippen molar-refractivity contribution in [1.82, 2.24) is 5.32 Å². The van der Waals surface area contributed by atoms with Crippen LogP contribution in [0.15, 0.2) is 0 Å². The summed E-state index contributed by atoms with van der Waals surface area (Å²) in [5, 5.41) is 3.06. The summed E-state index contributed by atoms with van der Waals surface area (Å²) in [5.41, 5.74) is 0. The lowest BCUT2D eigenvalue weighted by Crippen LogP contribution is -2.19. The molecule has 0 bridgehead atoms. The van der Waals surface area contributed by atoms with Crippen molar-refractivity contribution in [3.8, 4) is 0 Å². The third-order valence-corrected chi connectivity index (χ3v) is 0.769. The van der Waals surface area contributed by atoms with Gasteiger partial charge in [-0.15, -0.1) is 0 Å². The number of rotatable bonds is 4. The summed E-state index contributed by atoms with van der Waals surface area (Å²) < 4.78 is 5.17. The van der Waals surface area contributed by atoms with Gasteiger partial charge in [0.25, 0.3) is 0 Å². The van der Waals surface area contributed by atoms with Crippen LogP contribution in [0.1, 0.15) is 20.8 Å². The van der Waals surface area contributed by atoms with Crippen LogP contribution in [0.25, 0.3) is 0 Å². The fourth-order valence-corrected chi connectivity index (χ4v) is 0.328. The molecule has 0 saturated heterocycles. The van der Waals surface area contributed by atoms with E-state index in [0.717, 1.165) is 6.54 Å². The SMILES string of the molecule is CCNCOC(C)C. The maximum absolute atomic E-state index is 5.17. The normalized spacial score (nSPS) is 10.5. The van der Waals surface area contributed by atoms with Crippen molar-refractivity contribution in [3.05, 3.63) is 0 Å². The molecule has 0 aromatic rings. The Morgan fingerprint density at radius 3 is 2.50 bits per heavy atom. The number of nitrogens with one attached hydrogen (secondary N) is 1. The Morgan fingerprint density at radius 2 is 2.12 bits per heavy atom. The monoisotopic (exact) mass is 117 g/mol. The van der Waals surface area contributed by atoms with E-state index in [1.807, 2.05) is 13.8 Å². The minimum absolute atomic E-state index is 0.342. The van der Waals surface area contributed by atoms with Gasteiger partial charge in [-0.2, -0.15) is 0 Å². The topological polar surface area (TPSA) is 21.3 Å². The molecule has 0 radical (unpaired) electrons. The van der Waals surface area contributed by atoms with E-state index in [-0.39, 0.29) is 0 Å². The number of ether oxygens (including phenoxy) is 1. The van der Waals surface area contributed by atoms with E-state index in [4.69, 9.17) is 4.74 Å². The van der Waals surface area contributed by atoms with Crippen LogP contribution in [-0.2, 0) is 4.74 Å². The molecule has 0 rings (SSSR count). The highest BCUT2D eigenvalue weighted by Crippen LogP contribution is 1.82. The van der Waals surface area contributed by atoms with Crippen LogP contribution >= 0.6 is 0 Å². The predicted octanol–water partition coefficient (Wildman–Crippen LogP) is 0.978. The maximum atomic E-state index is 5.17. The first-order valence-corrected chi connectivity index (χ1v) is 3.09. The molecule has 50 valence electrons. The summed E-state index contributed by atoms with van der Waals surface area (Å²) >= 11 is 0. The zero-order valence-corrected chi connectivity index (χ0v) is 5.90. The predicted molar refractivity (Wildman–Crippen MR) is 34.8 cm³/mol. The molecule has 8 heavy (non-hydrogen) atoms. The first-order chi connectivity index (χ1) is 3.77. The van der Waals surface area contributed by atoms with Crippen LogP contribution in [0.3, 0.4) is 0 Å². The molecule has 0 atom stereocenters. The van der Waals surface area contributed by atoms with Crippen molar-refractivity contribution in [2.45, 2.75) is 26.9 Å². The summed E-state index contributed by atoms with van der Waals surface area (Å²) in [6.45, 7) is 7.76. The van der Waals surface area contributed by atoms with E-state index >= 15 is 0 Å². The molecular weight excluding hydrogens is 102 g/mol. The molecule has 0 aromatic heterocycles. The molecule has 2 heteroatoms. The molecule has 0 saturated carbocycles. The zero-order chi connectivity index (χ0) is 6.41. The van der Waals surface area contributed by atoms with Gasteiger partial charge in [0, 0.05) is 0 Å². The Morgan fingerprint density at radius 1 is 1.50 bits per heavy atom. The highest BCUT2D eigenvalue weighted by molar-refractivity contribution is 4.34. The summed E-state index contributed by atoms with van der Waals surface area (Å²) in [6.07, 6.45) is 0.342. The second-order valence-electron chi connectivity index (χ2n) is 1.96. The third kappa shape index (κ3) is 5.92. The third-order valence-electron chi connectivity index (χ3n) is 0.769.